The summed E-state index contributed by atoms with van der Waals surface area (Å²) in [6, 6.07) is 0. The molecule has 2 heterocycles. The summed E-state index contributed by atoms with van der Waals surface area (Å²) in [4.78, 5) is 7.06. The van der Waals surface area contributed by atoms with Crippen molar-refractivity contribution >= 4 is 11.3 Å². The summed E-state index contributed by atoms with van der Waals surface area (Å²) in [6.45, 7) is 5.66. The van der Waals surface area contributed by atoms with Crippen LogP contribution in [0, 0.1) is 6.92 Å². The van der Waals surface area contributed by atoms with Gasteiger partial charge in [0, 0.05) is 11.9 Å². The third kappa shape index (κ3) is 2.79. The second-order valence-electron chi connectivity index (χ2n) is 4.05. The van der Waals surface area contributed by atoms with Gasteiger partial charge in [-0.2, -0.15) is 0 Å². The maximum atomic E-state index is 4.51. The van der Waals surface area contributed by atoms with Gasteiger partial charge in [0.2, 0.25) is 0 Å². The van der Waals surface area contributed by atoms with Crippen LogP contribution in [0.5, 0.6) is 0 Å². The maximum Gasteiger partial charge on any atom is 0.0897 e. The number of hydrogen-bond acceptors (Lipinski definition) is 3. The van der Waals surface area contributed by atoms with Crippen molar-refractivity contribution in [2.24, 2.45) is 0 Å². The summed E-state index contributed by atoms with van der Waals surface area (Å²) in [5.74, 6) is 0. The predicted molar refractivity (Wildman–Crippen MR) is 60.6 cm³/mol. The lowest BCUT2D eigenvalue weighted by Gasteiger charge is -2.17. The molecule has 1 fully saturated rings. The molecule has 0 bridgehead atoms. The molecule has 78 valence electrons. The lowest BCUT2D eigenvalue weighted by molar-refractivity contribution is 0.274. The molecular weight excluding hydrogens is 192 g/mol. The van der Waals surface area contributed by atoms with Crippen molar-refractivity contribution in [1.82, 2.24) is 9.88 Å². The highest BCUT2D eigenvalue weighted by atomic mass is 32.1. The van der Waals surface area contributed by atoms with Crippen molar-refractivity contribution in [2.45, 2.75) is 39.2 Å². The van der Waals surface area contributed by atoms with Crippen LogP contribution in [0.2, 0.25) is 0 Å². The van der Waals surface area contributed by atoms with E-state index in [1.54, 1.807) is 11.3 Å². The van der Waals surface area contributed by atoms with E-state index in [-0.39, 0.29) is 0 Å². The molecule has 1 aromatic rings. The smallest absolute Gasteiger partial charge is 0.0897 e. The number of aromatic nitrogens is 1. The first-order valence-electron chi connectivity index (χ1n) is 5.48. The molecule has 2 nitrogen and oxygen atoms in total. The molecule has 0 aromatic carbocycles. The Labute approximate surface area is 90.0 Å². The first kappa shape index (κ1) is 10.1. The fourth-order valence-corrected chi connectivity index (χ4v) is 2.61. The molecule has 0 spiro atoms. The monoisotopic (exact) mass is 210 g/mol. The van der Waals surface area contributed by atoms with Gasteiger partial charge in [0.1, 0.15) is 0 Å². The number of thiazole rings is 1. The minimum absolute atomic E-state index is 1.06. The minimum Gasteiger partial charge on any atom is -0.297 e. The van der Waals surface area contributed by atoms with Gasteiger partial charge in [0.05, 0.1) is 10.7 Å². The zero-order chi connectivity index (χ0) is 9.80. The average molecular weight is 210 g/mol. The van der Waals surface area contributed by atoms with Crippen molar-refractivity contribution in [2.75, 3.05) is 13.1 Å². The Morgan fingerprint density at radius 2 is 2.00 bits per heavy atom. The van der Waals surface area contributed by atoms with Gasteiger partial charge in [-0.25, -0.2) is 4.98 Å². The lowest BCUT2D eigenvalue weighted by Crippen LogP contribution is -2.24. The van der Waals surface area contributed by atoms with Crippen LogP contribution in [0.25, 0.3) is 0 Å². The summed E-state index contributed by atoms with van der Waals surface area (Å²) in [5.41, 5.74) is 1.26. The van der Waals surface area contributed by atoms with Gasteiger partial charge in [0.15, 0.2) is 0 Å². The Bertz CT molecular complexity index is 275. The van der Waals surface area contributed by atoms with E-state index in [2.05, 4.69) is 22.2 Å². The number of likely N-dealkylation sites (tertiary alicyclic amines) is 1. The van der Waals surface area contributed by atoms with E-state index in [0.717, 1.165) is 6.54 Å². The second kappa shape index (κ2) is 4.89. The van der Waals surface area contributed by atoms with E-state index in [0.29, 0.717) is 0 Å². The summed E-state index contributed by atoms with van der Waals surface area (Å²) < 4.78 is 0. The normalized spacial score (nSPS) is 19.5. The molecule has 1 aliphatic rings. The molecule has 2 rings (SSSR count). The molecule has 14 heavy (non-hydrogen) atoms. The molecule has 0 atom stereocenters. The Balaban J connectivity index is 1.89. The molecule has 1 saturated heterocycles. The molecule has 0 N–H and O–H groups in total. The summed E-state index contributed by atoms with van der Waals surface area (Å²) >= 11 is 1.76. The zero-order valence-electron chi connectivity index (χ0n) is 8.83. The van der Waals surface area contributed by atoms with Gasteiger partial charge in [-0.1, -0.05) is 12.8 Å². The zero-order valence-corrected chi connectivity index (χ0v) is 9.65. The van der Waals surface area contributed by atoms with E-state index in [4.69, 9.17) is 0 Å². The van der Waals surface area contributed by atoms with Crippen LogP contribution in [0.1, 0.15) is 36.4 Å². The molecule has 0 radical (unpaired) electrons. The van der Waals surface area contributed by atoms with E-state index in [1.807, 2.05) is 0 Å². The van der Waals surface area contributed by atoms with Gasteiger partial charge in [-0.15, -0.1) is 11.3 Å². The molecule has 0 unspecified atom stereocenters. The topological polar surface area (TPSA) is 16.1 Å². The average Bonchev–Trinajstić information content (AvgIpc) is 2.43. The van der Waals surface area contributed by atoms with E-state index in [1.165, 1.54) is 49.5 Å². The number of rotatable bonds is 2. The highest BCUT2D eigenvalue weighted by Crippen LogP contribution is 2.14. The van der Waals surface area contributed by atoms with Crippen LogP contribution in [0.4, 0.5) is 0 Å². The van der Waals surface area contributed by atoms with Crippen molar-refractivity contribution in [3.8, 4) is 0 Å². The summed E-state index contributed by atoms with van der Waals surface area (Å²) in [5, 5.41) is 3.38. The van der Waals surface area contributed by atoms with Crippen molar-refractivity contribution in [3.63, 3.8) is 0 Å². The van der Waals surface area contributed by atoms with Crippen molar-refractivity contribution < 1.29 is 0 Å². The Hall–Kier alpha value is -0.410. The molecule has 0 aliphatic carbocycles. The van der Waals surface area contributed by atoms with Crippen molar-refractivity contribution in [1.29, 1.82) is 0 Å². The van der Waals surface area contributed by atoms with Gasteiger partial charge in [0.25, 0.3) is 0 Å². The Morgan fingerprint density at radius 1 is 1.29 bits per heavy atom. The van der Waals surface area contributed by atoms with E-state index >= 15 is 0 Å². The molecule has 3 heteroatoms. The molecule has 0 saturated carbocycles. The largest absolute Gasteiger partial charge is 0.297 e. The van der Waals surface area contributed by atoms with Gasteiger partial charge in [-0.3, -0.25) is 4.90 Å². The van der Waals surface area contributed by atoms with Crippen LogP contribution in [0.15, 0.2) is 5.38 Å². The minimum atomic E-state index is 1.06. The quantitative estimate of drug-likeness (QED) is 0.746. The second-order valence-corrected chi connectivity index (χ2v) is 5.11. The summed E-state index contributed by atoms with van der Waals surface area (Å²) in [7, 11) is 0. The number of hydrogen-bond donors (Lipinski definition) is 0. The van der Waals surface area contributed by atoms with Crippen molar-refractivity contribution in [3.05, 3.63) is 16.1 Å². The number of aryl methyl sites for hydroxylation is 1. The van der Waals surface area contributed by atoms with Crippen LogP contribution >= 0.6 is 11.3 Å². The first-order valence-corrected chi connectivity index (χ1v) is 6.36. The third-order valence-electron chi connectivity index (χ3n) is 2.75. The van der Waals surface area contributed by atoms with Crippen LogP contribution in [-0.2, 0) is 6.54 Å². The van der Waals surface area contributed by atoms with Crippen LogP contribution in [-0.4, -0.2) is 23.0 Å². The highest BCUT2D eigenvalue weighted by molar-refractivity contribution is 7.09. The Kier molecular flexibility index (Phi) is 3.54. The third-order valence-corrected chi connectivity index (χ3v) is 3.57. The summed E-state index contributed by atoms with van der Waals surface area (Å²) in [6.07, 6.45) is 5.55. The molecule has 1 aliphatic heterocycles. The van der Waals surface area contributed by atoms with Gasteiger partial charge < -0.3 is 0 Å². The van der Waals surface area contributed by atoms with Crippen LogP contribution < -0.4 is 0 Å². The van der Waals surface area contributed by atoms with Crippen LogP contribution in [0.3, 0.4) is 0 Å². The Morgan fingerprint density at radius 3 is 2.57 bits per heavy atom. The molecular formula is C11H18N2S. The van der Waals surface area contributed by atoms with E-state index in [9.17, 15) is 0 Å². The SMILES string of the molecule is Cc1nc(CN2CCCCCC2)cs1. The fourth-order valence-electron chi connectivity index (χ4n) is 2.00. The lowest BCUT2D eigenvalue weighted by atomic mass is 10.2. The fraction of sp³-hybridized carbons (Fsp3) is 0.727. The van der Waals surface area contributed by atoms with Gasteiger partial charge >= 0.3 is 0 Å². The molecule has 1 aromatic heterocycles. The maximum absolute atomic E-state index is 4.51. The predicted octanol–water partition coefficient (Wildman–Crippen LogP) is 2.83. The number of nitrogens with zero attached hydrogens (tertiary/aromatic N) is 2. The standard InChI is InChI=1S/C11H18N2S/c1-10-12-11(9-14-10)8-13-6-4-2-3-5-7-13/h9H,2-8H2,1H3. The van der Waals surface area contributed by atoms with E-state index < -0.39 is 0 Å². The van der Waals surface area contributed by atoms with Gasteiger partial charge in [-0.05, 0) is 32.9 Å². The highest BCUT2D eigenvalue weighted by Gasteiger charge is 2.10. The first-order chi connectivity index (χ1) is 6.84. The molecule has 0 amide bonds.